The Bertz CT molecular complexity index is 444. The minimum Gasteiger partial charge on any atom is -0.403 e. The number of halogens is 7. The molecule has 0 saturated heterocycles. The first-order valence-corrected chi connectivity index (χ1v) is 5.34. The number of rotatable bonds is 2. The number of alkyl halides is 6. The summed E-state index contributed by atoms with van der Waals surface area (Å²) in [7, 11) is 0. The molecule has 0 bridgehead atoms. The van der Waals surface area contributed by atoms with E-state index in [1.807, 2.05) is 0 Å². The summed E-state index contributed by atoms with van der Waals surface area (Å²) in [6.07, 6.45) is -9.54. The van der Waals surface area contributed by atoms with Gasteiger partial charge in [0.25, 0.3) is 0 Å². The van der Waals surface area contributed by atoms with Crippen LogP contribution < -0.4 is 10.5 Å². The smallest absolute Gasteiger partial charge is 0.403 e. The third kappa shape index (κ3) is 3.60. The van der Waals surface area contributed by atoms with Crippen LogP contribution in [-0.4, -0.2) is 11.3 Å². The first kappa shape index (κ1) is 15.3. The van der Waals surface area contributed by atoms with E-state index in [9.17, 15) is 26.3 Å². The number of hydrogen-bond acceptors (Lipinski definition) is 3. The van der Waals surface area contributed by atoms with Gasteiger partial charge in [-0.3, -0.25) is 0 Å². The van der Waals surface area contributed by atoms with Gasteiger partial charge < -0.3 is 10.5 Å². The van der Waals surface area contributed by atoms with E-state index in [1.54, 1.807) is 0 Å². The standard InChI is InChI=1S/C8H5F6IN2O/c9-7(10,11)4-2-17-6(15)5(3(4)1-16)18-8(12,13)14/h2H,1,16H2. The minimum absolute atomic E-state index is 0.349. The highest BCUT2D eigenvalue weighted by atomic mass is 127. The van der Waals surface area contributed by atoms with E-state index in [0.717, 1.165) is 0 Å². The van der Waals surface area contributed by atoms with Crippen LogP contribution in [0.25, 0.3) is 0 Å². The van der Waals surface area contributed by atoms with E-state index in [1.165, 1.54) is 22.6 Å². The van der Waals surface area contributed by atoms with E-state index >= 15 is 0 Å². The number of nitrogens with zero attached hydrogens (tertiary/aromatic N) is 1. The molecule has 0 aliphatic rings. The fraction of sp³-hybridized carbons (Fsp3) is 0.375. The largest absolute Gasteiger partial charge is 0.573 e. The van der Waals surface area contributed by atoms with Crippen molar-refractivity contribution in [1.82, 2.24) is 4.98 Å². The number of hydrogen-bond donors (Lipinski definition) is 1. The third-order valence-corrected chi connectivity index (χ3v) is 2.59. The lowest BCUT2D eigenvalue weighted by Crippen LogP contribution is -2.22. The van der Waals surface area contributed by atoms with Crippen molar-refractivity contribution in [2.75, 3.05) is 0 Å². The molecule has 1 heterocycles. The molecule has 1 rings (SSSR count). The lowest BCUT2D eigenvalue weighted by molar-refractivity contribution is -0.275. The quantitative estimate of drug-likeness (QED) is 0.483. The van der Waals surface area contributed by atoms with Crippen molar-refractivity contribution in [3.63, 3.8) is 0 Å². The van der Waals surface area contributed by atoms with Crippen molar-refractivity contribution in [2.24, 2.45) is 5.73 Å². The normalized spacial score (nSPS) is 12.7. The van der Waals surface area contributed by atoms with Gasteiger partial charge in [-0.1, -0.05) is 0 Å². The Hall–Kier alpha value is -0.780. The Kier molecular flexibility index (Phi) is 4.30. The summed E-state index contributed by atoms with van der Waals surface area (Å²) in [6, 6.07) is 0. The zero-order valence-corrected chi connectivity index (χ0v) is 10.5. The summed E-state index contributed by atoms with van der Waals surface area (Å²) in [4.78, 5) is 3.22. The summed E-state index contributed by atoms with van der Waals surface area (Å²) in [5, 5.41) is 0. The maximum Gasteiger partial charge on any atom is 0.573 e. The topological polar surface area (TPSA) is 48.1 Å². The van der Waals surface area contributed by atoms with Gasteiger partial charge in [0, 0.05) is 18.3 Å². The molecule has 0 fully saturated rings. The molecule has 10 heteroatoms. The molecular weight excluding hydrogens is 381 g/mol. The van der Waals surface area contributed by atoms with Gasteiger partial charge in [0.05, 0.1) is 5.56 Å². The van der Waals surface area contributed by atoms with E-state index in [4.69, 9.17) is 5.73 Å². The molecule has 0 spiro atoms. The van der Waals surface area contributed by atoms with Crippen LogP contribution in [0.15, 0.2) is 6.20 Å². The van der Waals surface area contributed by atoms with Crippen LogP contribution in [0.5, 0.6) is 5.75 Å². The van der Waals surface area contributed by atoms with Gasteiger partial charge in [-0.05, 0) is 22.6 Å². The summed E-state index contributed by atoms with van der Waals surface area (Å²) in [6.45, 7) is -0.751. The SMILES string of the molecule is NCc1c(C(F)(F)F)cnc(I)c1OC(F)(F)F. The lowest BCUT2D eigenvalue weighted by atomic mass is 10.1. The van der Waals surface area contributed by atoms with E-state index in [0.29, 0.717) is 6.20 Å². The molecule has 1 aromatic heterocycles. The van der Waals surface area contributed by atoms with E-state index in [2.05, 4.69) is 9.72 Å². The maximum atomic E-state index is 12.5. The highest BCUT2D eigenvalue weighted by molar-refractivity contribution is 14.1. The summed E-state index contributed by atoms with van der Waals surface area (Å²) < 4.78 is 77.1. The van der Waals surface area contributed by atoms with Gasteiger partial charge in [0.2, 0.25) is 0 Å². The second-order valence-corrected chi connectivity index (χ2v) is 4.04. The first-order chi connectivity index (χ1) is 8.06. The molecule has 0 saturated carbocycles. The Morgan fingerprint density at radius 2 is 1.78 bits per heavy atom. The monoisotopic (exact) mass is 386 g/mol. The average molecular weight is 386 g/mol. The van der Waals surface area contributed by atoms with Crippen LogP contribution >= 0.6 is 22.6 Å². The molecule has 0 amide bonds. The number of nitrogens with two attached hydrogens (primary N) is 1. The fourth-order valence-corrected chi connectivity index (χ4v) is 1.75. The van der Waals surface area contributed by atoms with Crippen molar-refractivity contribution in [2.45, 2.75) is 19.1 Å². The zero-order valence-electron chi connectivity index (χ0n) is 8.36. The van der Waals surface area contributed by atoms with E-state index < -0.39 is 36.0 Å². The number of pyridine rings is 1. The van der Waals surface area contributed by atoms with Crippen LogP contribution in [0.2, 0.25) is 0 Å². The maximum absolute atomic E-state index is 12.5. The molecule has 0 aliphatic heterocycles. The predicted molar refractivity (Wildman–Crippen MR) is 56.5 cm³/mol. The van der Waals surface area contributed by atoms with Crippen LogP contribution in [0.3, 0.4) is 0 Å². The van der Waals surface area contributed by atoms with Gasteiger partial charge in [-0.2, -0.15) is 13.2 Å². The van der Waals surface area contributed by atoms with E-state index in [-0.39, 0.29) is 3.70 Å². The van der Waals surface area contributed by atoms with Crippen molar-refractivity contribution in [3.05, 3.63) is 21.0 Å². The highest BCUT2D eigenvalue weighted by Gasteiger charge is 2.39. The highest BCUT2D eigenvalue weighted by Crippen LogP contribution is 2.38. The lowest BCUT2D eigenvalue weighted by Gasteiger charge is -2.17. The Balaban J connectivity index is 3.40. The number of ether oxygens (including phenoxy) is 1. The van der Waals surface area contributed by atoms with Gasteiger partial charge in [-0.15, -0.1) is 13.2 Å². The molecule has 0 radical (unpaired) electrons. The minimum atomic E-state index is -5.12. The molecule has 0 aliphatic carbocycles. The molecule has 0 unspecified atom stereocenters. The van der Waals surface area contributed by atoms with Crippen LogP contribution in [-0.2, 0) is 12.7 Å². The van der Waals surface area contributed by atoms with Gasteiger partial charge in [0.1, 0.15) is 3.70 Å². The molecule has 18 heavy (non-hydrogen) atoms. The van der Waals surface area contributed by atoms with Gasteiger partial charge in [-0.25, -0.2) is 4.98 Å². The summed E-state index contributed by atoms with van der Waals surface area (Å²) >= 11 is 1.34. The van der Waals surface area contributed by atoms with Crippen molar-refractivity contribution in [3.8, 4) is 5.75 Å². The molecule has 2 N–H and O–H groups in total. The van der Waals surface area contributed by atoms with Crippen LogP contribution in [0, 0.1) is 3.70 Å². The van der Waals surface area contributed by atoms with Crippen molar-refractivity contribution in [1.29, 1.82) is 0 Å². The Morgan fingerprint density at radius 3 is 2.17 bits per heavy atom. The second kappa shape index (κ2) is 5.07. The molecular formula is C8H5F6IN2O. The van der Waals surface area contributed by atoms with Crippen molar-refractivity contribution >= 4 is 22.6 Å². The predicted octanol–water partition coefficient (Wildman–Crippen LogP) is 3.06. The molecule has 102 valence electrons. The number of aromatic nitrogens is 1. The molecule has 0 atom stereocenters. The third-order valence-electron chi connectivity index (χ3n) is 1.82. The average Bonchev–Trinajstić information content (AvgIpc) is 2.17. The first-order valence-electron chi connectivity index (χ1n) is 4.26. The van der Waals surface area contributed by atoms with Crippen LogP contribution in [0.4, 0.5) is 26.3 Å². The second-order valence-electron chi connectivity index (χ2n) is 3.02. The summed E-state index contributed by atoms with van der Waals surface area (Å²) in [5.41, 5.74) is 2.94. The Labute approximate surface area is 110 Å². The Morgan fingerprint density at radius 1 is 1.22 bits per heavy atom. The van der Waals surface area contributed by atoms with Gasteiger partial charge in [0.15, 0.2) is 5.75 Å². The zero-order chi connectivity index (χ0) is 14.1. The summed E-state index contributed by atoms with van der Waals surface area (Å²) in [5.74, 6) is -1.01. The molecule has 1 aromatic rings. The van der Waals surface area contributed by atoms with Crippen molar-refractivity contribution < 1.29 is 31.1 Å². The fourth-order valence-electron chi connectivity index (χ4n) is 1.17. The van der Waals surface area contributed by atoms with Crippen LogP contribution in [0.1, 0.15) is 11.1 Å². The van der Waals surface area contributed by atoms with Gasteiger partial charge >= 0.3 is 12.5 Å². The molecule has 3 nitrogen and oxygen atoms in total. The molecule has 0 aromatic carbocycles.